The number of ether oxygens (including phenoxy) is 2. The highest BCUT2D eigenvalue weighted by atomic mass is 16.5. The van der Waals surface area contributed by atoms with Crippen molar-refractivity contribution in [3.05, 3.63) is 46.8 Å². The van der Waals surface area contributed by atoms with Crippen molar-refractivity contribution in [2.24, 2.45) is 0 Å². The fourth-order valence-electron chi connectivity index (χ4n) is 3.67. The molecule has 0 saturated heterocycles. The minimum absolute atomic E-state index is 0.0389. The van der Waals surface area contributed by atoms with Crippen LogP contribution in [0.2, 0.25) is 0 Å². The van der Waals surface area contributed by atoms with Gasteiger partial charge in [-0.3, -0.25) is 4.79 Å². The largest absolute Gasteiger partial charge is 0.497 e. The van der Waals surface area contributed by atoms with Crippen LogP contribution in [-0.2, 0) is 6.54 Å². The Hall–Kier alpha value is -3.09. The molecule has 1 amide bonds. The number of nitrogens with zero attached hydrogens (tertiary/aromatic N) is 3. The summed E-state index contributed by atoms with van der Waals surface area (Å²) < 4.78 is 16.3. The number of aromatic nitrogens is 2. The lowest BCUT2D eigenvalue weighted by molar-refractivity contribution is 0.0730. The molecule has 1 aliphatic carbocycles. The fourth-order valence-corrected chi connectivity index (χ4v) is 3.67. The maximum absolute atomic E-state index is 13.8. The molecule has 7 heteroatoms. The molecule has 7 nitrogen and oxygen atoms in total. The summed E-state index contributed by atoms with van der Waals surface area (Å²) in [5.41, 5.74) is 3.41. The molecule has 30 heavy (non-hydrogen) atoms. The van der Waals surface area contributed by atoms with Gasteiger partial charge in [-0.15, -0.1) is 0 Å². The molecule has 0 aliphatic heterocycles. The number of methoxy groups -OCH3 is 2. The van der Waals surface area contributed by atoms with Crippen LogP contribution in [0.15, 0.2) is 28.8 Å². The Balaban J connectivity index is 1.77. The van der Waals surface area contributed by atoms with Gasteiger partial charge in [0.1, 0.15) is 11.5 Å². The maximum Gasteiger partial charge on any atom is 0.259 e. The number of carbonyl (C=O) groups is 1. The van der Waals surface area contributed by atoms with Crippen LogP contribution in [0.1, 0.15) is 59.9 Å². The average molecular weight is 409 g/mol. The lowest BCUT2D eigenvalue weighted by Crippen LogP contribution is -2.33. The first-order chi connectivity index (χ1) is 14.4. The van der Waals surface area contributed by atoms with E-state index in [1.54, 1.807) is 14.2 Å². The minimum atomic E-state index is -0.0389. The van der Waals surface area contributed by atoms with E-state index in [1.165, 1.54) is 0 Å². The van der Waals surface area contributed by atoms with Crippen molar-refractivity contribution in [2.75, 3.05) is 14.2 Å². The first kappa shape index (κ1) is 20.2. The van der Waals surface area contributed by atoms with Gasteiger partial charge in [0.25, 0.3) is 11.6 Å². The lowest BCUT2D eigenvalue weighted by Gasteiger charge is -2.24. The van der Waals surface area contributed by atoms with Crippen LogP contribution in [0, 0.1) is 6.92 Å². The van der Waals surface area contributed by atoms with Gasteiger partial charge < -0.3 is 18.9 Å². The van der Waals surface area contributed by atoms with Gasteiger partial charge in [-0.1, -0.05) is 19.0 Å². The van der Waals surface area contributed by atoms with Gasteiger partial charge in [-0.2, -0.15) is 0 Å². The first-order valence-corrected chi connectivity index (χ1v) is 10.2. The molecule has 1 saturated carbocycles. The number of pyridine rings is 1. The van der Waals surface area contributed by atoms with Crippen molar-refractivity contribution in [2.45, 2.75) is 52.1 Å². The molecule has 0 bridgehead atoms. The van der Waals surface area contributed by atoms with E-state index >= 15 is 0 Å². The van der Waals surface area contributed by atoms with E-state index in [0.717, 1.165) is 35.6 Å². The number of aryl methyl sites for hydroxylation is 1. The molecule has 0 N–H and O–H groups in total. The van der Waals surface area contributed by atoms with Gasteiger partial charge in [-0.05, 0) is 49.9 Å². The minimum Gasteiger partial charge on any atom is -0.497 e. The average Bonchev–Trinajstić information content (AvgIpc) is 3.53. The second kappa shape index (κ2) is 7.97. The van der Waals surface area contributed by atoms with Crippen LogP contribution < -0.4 is 9.47 Å². The van der Waals surface area contributed by atoms with Gasteiger partial charge in [0.05, 0.1) is 37.4 Å². The summed E-state index contributed by atoms with van der Waals surface area (Å²) in [4.78, 5) is 20.3. The third-order valence-corrected chi connectivity index (χ3v) is 5.54. The van der Waals surface area contributed by atoms with Crippen LogP contribution in [0.5, 0.6) is 11.5 Å². The summed E-state index contributed by atoms with van der Waals surface area (Å²) in [6.07, 6.45) is 1.98. The number of rotatable bonds is 7. The van der Waals surface area contributed by atoms with Crippen molar-refractivity contribution >= 4 is 17.0 Å². The Labute approximate surface area is 176 Å². The number of hydrogen-bond acceptors (Lipinski definition) is 6. The van der Waals surface area contributed by atoms with E-state index in [9.17, 15) is 4.79 Å². The monoisotopic (exact) mass is 409 g/mol. The predicted molar refractivity (Wildman–Crippen MR) is 113 cm³/mol. The summed E-state index contributed by atoms with van der Waals surface area (Å²) in [6, 6.07) is 7.74. The fraction of sp³-hybridized carbons (Fsp3) is 0.435. The molecule has 2 aromatic heterocycles. The molecule has 3 aromatic rings. The molecule has 1 fully saturated rings. The van der Waals surface area contributed by atoms with Crippen LogP contribution in [0.3, 0.4) is 0 Å². The van der Waals surface area contributed by atoms with E-state index in [1.807, 2.05) is 49.9 Å². The van der Waals surface area contributed by atoms with Crippen molar-refractivity contribution < 1.29 is 18.8 Å². The van der Waals surface area contributed by atoms with Crippen LogP contribution >= 0.6 is 0 Å². The zero-order chi connectivity index (χ0) is 21.4. The van der Waals surface area contributed by atoms with E-state index in [0.29, 0.717) is 28.9 Å². The van der Waals surface area contributed by atoms with Gasteiger partial charge in [0.2, 0.25) is 0 Å². The number of carbonyl (C=O) groups excluding carboxylic acids is 1. The van der Waals surface area contributed by atoms with E-state index in [2.05, 4.69) is 10.1 Å². The van der Waals surface area contributed by atoms with E-state index in [4.69, 9.17) is 14.0 Å². The Morgan fingerprint density at radius 2 is 2.00 bits per heavy atom. The first-order valence-electron chi connectivity index (χ1n) is 10.2. The van der Waals surface area contributed by atoms with Crippen LogP contribution in [0.25, 0.3) is 11.1 Å². The molecule has 1 aromatic carbocycles. The van der Waals surface area contributed by atoms with Crippen molar-refractivity contribution in [1.29, 1.82) is 0 Å². The van der Waals surface area contributed by atoms with Gasteiger partial charge in [0.15, 0.2) is 0 Å². The van der Waals surface area contributed by atoms with Gasteiger partial charge >= 0.3 is 0 Å². The third-order valence-electron chi connectivity index (χ3n) is 5.54. The normalized spacial score (nSPS) is 13.7. The number of benzene rings is 1. The maximum atomic E-state index is 13.8. The Morgan fingerprint density at radius 1 is 1.23 bits per heavy atom. The van der Waals surface area contributed by atoms with Crippen LogP contribution in [-0.4, -0.2) is 41.2 Å². The molecule has 4 rings (SSSR count). The zero-order valence-corrected chi connectivity index (χ0v) is 18.1. The van der Waals surface area contributed by atoms with Crippen molar-refractivity contribution in [3.8, 4) is 11.5 Å². The SMILES string of the molecule is COc1ccc(OC)c(CN(C(=O)c2cc(C(C)C)nc3onc(C)c23)C2CC2)c1. The molecular formula is C23H27N3O4. The molecule has 0 atom stereocenters. The molecular weight excluding hydrogens is 382 g/mol. The predicted octanol–water partition coefficient (Wildman–Crippen LogP) is 4.48. The highest BCUT2D eigenvalue weighted by Crippen LogP contribution is 2.35. The topological polar surface area (TPSA) is 77.7 Å². The second-order valence-electron chi connectivity index (χ2n) is 8.04. The Bertz CT molecular complexity index is 1090. The van der Waals surface area contributed by atoms with Gasteiger partial charge in [0, 0.05) is 17.3 Å². The third kappa shape index (κ3) is 3.72. The number of hydrogen-bond donors (Lipinski definition) is 0. The highest BCUT2D eigenvalue weighted by Gasteiger charge is 2.35. The standard InChI is InChI=1S/C23H27N3O4/c1-13(2)19-11-18(21-14(3)25-30-22(21)24-19)23(27)26(16-6-7-16)12-15-10-17(28-4)8-9-20(15)29-5/h8-11,13,16H,6-7,12H2,1-5H3. The summed E-state index contributed by atoms with van der Waals surface area (Å²) in [5.74, 6) is 1.60. The Morgan fingerprint density at radius 3 is 2.63 bits per heavy atom. The second-order valence-corrected chi connectivity index (χ2v) is 8.04. The van der Waals surface area contributed by atoms with Crippen LogP contribution in [0.4, 0.5) is 0 Å². The Kier molecular flexibility index (Phi) is 5.37. The smallest absolute Gasteiger partial charge is 0.259 e. The highest BCUT2D eigenvalue weighted by molar-refractivity contribution is 6.06. The summed E-state index contributed by atoms with van der Waals surface area (Å²) in [7, 11) is 3.27. The summed E-state index contributed by atoms with van der Waals surface area (Å²) in [6.45, 7) is 6.37. The summed E-state index contributed by atoms with van der Waals surface area (Å²) >= 11 is 0. The van der Waals surface area contributed by atoms with Crippen molar-refractivity contribution in [1.82, 2.24) is 15.0 Å². The van der Waals surface area contributed by atoms with E-state index < -0.39 is 0 Å². The molecule has 1 aliphatic rings. The molecule has 0 spiro atoms. The number of fused-ring (bicyclic) bond motifs is 1. The zero-order valence-electron chi connectivity index (χ0n) is 18.1. The number of amides is 1. The van der Waals surface area contributed by atoms with E-state index in [-0.39, 0.29) is 17.9 Å². The summed E-state index contributed by atoms with van der Waals surface area (Å²) in [5, 5.41) is 4.74. The molecule has 2 heterocycles. The van der Waals surface area contributed by atoms with Gasteiger partial charge in [-0.25, -0.2) is 4.98 Å². The quantitative estimate of drug-likeness (QED) is 0.573. The lowest BCUT2D eigenvalue weighted by atomic mass is 10.0. The molecule has 0 radical (unpaired) electrons. The molecule has 0 unspecified atom stereocenters. The van der Waals surface area contributed by atoms with Crippen molar-refractivity contribution in [3.63, 3.8) is 0 Å². The molecule has 158 valence electrons.